The van der Waals surface area contributed by atoms with Crippen LogP contribution in [-0.4, -0.2) is 32.0 Å². The van der Waals surface area contributed by atoms with Gasteiger partial charge in [-0.2, -0.15) is 0 Å². The number of imidazole rings is 1. The molecule has 2 aromatic carbocycles. The summed E-state index contributed by atoms with van der Waals surface area (Å²) >= 11 is 0. The lowest BCUT2D eigenvalue weighted by Crippen LogP contribution is -2.11. The molecule has 0 atom stereocenters. The van der Waals surface area contributed by atoms with E-state index in [-0.39, 0.29) is 11.9 Å². The number of esters is 1. The number of benzene rings is 2. The molecule has 5 rings (SSSR count). The summed E-state index contributed by atoms with van der Waals surface area (Å²) in [6.07, 6.45) is 2.96. The lowest BCUT2D eigenvalue weighted by atomic mass is 10.1. The van der Waals surface area contributed by atoms with Gasteiger partial charge in [-0.25, -0.2) is 9.97 Å². The Morgan fingerprint density at radius 1 is 0.943 bits per heavy atom. The van der Waals surface area contributed by atoms with E-state index in [0.717, 1.165) is 45.7 Å². The molecule has 0 radical (unpaired) electrons. The van der Waals surface area contributed by atoms with Crippen molar-refractivity contribution in [3.05, 3.63) is 60.6 Å². The summed E-state index contributed by atoms with van der Waals surface area (Å²) in [6.45, 7) is 8.36. The second-order valence-electron chi connectivity index (χ2n) is 9.72. The molecule has 0 amide bonds. The van der Waals surface area contributed by atoms with E-state index in [1.807, 2.05) is 67.1 Å². The summed E-state index contributed by atoms with van der Waals surface area (Å²) in [5, 5.41) is 0.724. The highest BCUT2D eigenvalue weighted by Gasteiger charge is 2.23. The topological polar surface area (TPSA) is 70.7 Å². The van der Waals surface area contributed by atoms with Gasteiger partial charge >= 0.3 is 5.97 Å². The molecule has 0 aliphatic heterocycles. The maximum Gasteiger partial charge on any atom is 0.311 e. The number of nitrogens with zero attached hydrogens (tertiary/aromatic N) is 4. The fourth-order valence-electron chi connectivity index (χ4n) is 4.44. The fourth-order valence-corrected chi connectivity index (χ4v) is 4.44. The van der Waals surface area contributed by atoms with Crippen molar-refractivity contribution in [3.8, 4) is 17.2 Å². The van der Waals surface area contributed by atoms with Crippen LogP contribution in [0.3, 0.4) is 0 Å². The van der Waals surface area contributed by atoms with Crippen LogP contribution >= 0.6 is 0 Å². The van der Waals surface area contributed by atoms with Crippen molar-refractivity contribution in [2.45, 2.75) is 40.5 Å². The molecule has 0 unspecified atom stereocenters. The van der Waals surface area contributed by atoms with Crippen molar-refractivity contribution in [2.75, 3.05) is 7.11 Å². The average molecular weight is 471 g/mol. The van der Waals surface area contributed by atoms with Gasteiger partial charge in [0.15, 0.2) is 17.0 Å². The predicted octanol–water partition coefficient (Wildman–Crippen LogP) is 5.99. The van der Waals surface area contributed by atoms with Crippen LogP contribution < -0.4 is 9.47 Å². The van der Waals surface area contributed by atoms with E-state index in [0.29, 0.717) is 23.7 Å². The van der Waals surface area contributed by atoms with Gasteiger partial charge in [0.05, 0.1) is 24.3 Å². The van der Waals surface area contributed by atoms with Crippen LogP contribution in [0, 0.1) is 11.8 Å². The second-order valence-corrected chi connectivity index (χ2v) is 9.72. The van der Waals surface area contributed by atoms with E-state index in [1.54, 1.807) is 7.11 Å². The van der Waals surface area contributed by atoms with E-state index < -0.39 is 0 Å². The molecule has 180 valence electrons. The van der Waals surface area contributed by atoms with Crippen LogP contribution in [0.25, 0.3) is 33.4 Å². The third kappa shape index (κ3) is 4.22. The lowest BCUT2D eigenvalue weighted by Gasteiger charge is -2.11. The number of rotatable bonds is 7. The number of ether oxygens (including phenoxy) is 2. The molecule has 0 aliphatic carbocycles. The van der Waals surface area contributed by atoms with E-state index in [1.165, 1.54) is 0 Å². The van der Waals surface area contributed by atoms with E-state index >= 15 is 0 Å². The summed E-state index contributed by atoms with van der Waals surface area (Å²) in [6, 6.07) is 15.8. The zero-order valence-corrected chi connectivity index (χ0v) is 20.8. The zero-order valence-electron chi connectivity index (χ0n) is 20.8. The first kappa shape index (κ1) is 22.9. The van der Waals surface area contributed by atoms with Crippen LogP contribution in [0.1, 0.15) is 39.9 Å². The van der Waals surface area contributed by atoms with E-state index in [9.17, 15) is 4.79 Å². The molecular weight excluding hydrogens is 440 g/mol. The molecule has 0 saturated carbocycles. The summed E-state index contributed by atoms with van der Waals surface area (Å²) < 4.78 is 15.3. The number of para-hydroxylation sites is 2. The molecule has 3 aromatic heterocycles. The normalized spacial score (nSPS) is 11.9. The van der Waals surface area contributed by atoms with Crippen LogP contribution in [0.5, 0.6) is 11.5 Å². The van der Waals surface area contributed by atoms with Gasteiger partial charge in [0.25, 0.3) is 0 Å². The van der Waals surface area contributed by atoms with Crippen molar-refractivity contribution in [2.24, 2.45) is 11.8 Å². The molecule has 7 heteroatoms. The first-order chi connectivity index (χ1) is 16.9. The van der Waals surface area contributed by atoms with Gasteiger partial charge in [-0.05, 0) is 48.2 Å². The van der Waals surface area contributed by atoms with E-state index in [2.05, 4.69) is 24.3 Å². The number of aromatic nitrogens is 4. The highest BCUT2D eigenvalue weighted by atomic mass is 16.5. The monoisotopic (exact) mass is 470 g/mol. The Balaban J connectivity index is 1.83. The number of hydrogen-bond acceptors (Lipinski definition) is 5. The highest BCUT2D eigenvalue weighted by Crippen LogP contribution is 2.36. The third-order valence-electron chi connectivity index (χ3n) is 5.96. The first-order valence-electron chi connectivity index (χ1n) is 12.0. The van der Waals surface area contributed by atoms with Crippen molar-refractivity contribution >= 4 is 33.7 Å². The molecule has 5 aromatic rings. The molecule has 3 heterocycles. The Bertz CT molecular complexity index is 1530. The Morgan fingerprint density at radius 3 is 2.37 bits per heavy atom. The maximum atomic E-state index is 12.7. The summed E-state index contributed by atoms with van der Waals surface area (Å²) in [5.74, 6) is 2.48. The standard InChI is InChI=1S/C28H30N4O3/c1-17(2)14-24-30-27-26(28-29-21-8-6-7-9-22(21)32(24)28)23(35-25(33)15-18(3)4)16-31(27)19-10-12-20(34-5)13-11-19/h6-13,16-18H,14-15H2,1-5H3. The lowest BCUT2D eigenvalue weighted by molar-refractivity contribution is -0.135. The first-order valence-corrected chi connectivity index (χ1v) is 12.0. The van der Waals surface area contributed by atoms with Crippen molar-refractivity contribution in [3.63, 3.8) is 0 Å². The molecule has 0 fully saturated rings. The number of hydrogen-bond donors (Lipinski definition) is 0. The molecule has 0 aliphatic rings. The summed E-state index contributed by atoms with van der Waals surface area (Å²) in [4.78, 5) is 22.8. The molecule has 0 spiro atoms. The Labute approximate surface area is 204 Å². The van der Waals surface area contributed by atoms with Crippen LogP contribution in [0.4, 0.5) is 0 Å². The van der Waals surface area contributed by atoms with Crippen LogP contribution in [-0.2, 0) is 11.2 Å². The van der Waals surface area contributed by atoms with Crippen molar-refractivity contribution in [1.29, 1.82) is 0 Å². The van der Waals surface area contributed by atoms with Gasteiger partial charge in [-0.3, -0.25) is 13.8 Å². The molecule has 0 bridgehead atoms. The largest absolute Gasteiger partial charge is 0.497 e. The van der Waals surface area contributed by atoms with Crippen molar-refractivity contribution < 1.29 is 14.3 Å². The molecular formula is C28H30N4O3. The predicted molar refractivity (Wildman–Crippen MR) is 138 cm³/mol. The quantitative estimate of drug-likeness (QED) is 0.274. The highest BCUT2D eigenvalue weighted by molar-refractivity contribution is 6.01. The number of carbonyl (C=O) groups is 1. The van der Waals surface area contributed by atoms with Gasteiger partial charge in [0, 0.05) is 18.5 Å². The van der Waals surface area contributed by atoms with Crippen LogP contribution in [0.2, 0.25) is 0 Å². The molecule has 0 N–H and O–H groups in total. The van der Waals surface area contributed by atoms with Gasteiger partial charge in [0.1, 0.15) is 17.0 Å². The number of carbonyl (C=O) groups excluding carboxylic acids is 1. The Kier molecular flexibility index (Phi) is 5.93. The van der Waals surface area contributed by atoms with E-state index in [4.69, 9.17) is 19.4 Å². The van der Waals surface area contributed by atoms with Crippen molar-refractivity contribution in [1.82, 2.24) is 18.9 Å². The minimum Gasteiger partial charge on any atom is -0.497 e. The summed E-state index contributed by atoms with van der Waals surface area (Å²) in [7, 11) is 1.64. The molecule has 35 heavy (non-hydrogen) atoms. The van der Waals surface area contributed by atoms with Crippen LogP contribution in [0.15, 0.2) is 54.7 Å². The van der Waals surface area contributed by atoms with Gasteiger partial charge < -0.3 is 9.47 Å². The second kappa shape index (κ2) is 9.06. The SMILES string of the molecule is COc1ccc(-n2cc(OC(=O)CC(C)C)c3c2nc(CC(C)C)n2c4ccccc4nc32)cc1. The summed E-state index contributed by atoms with van der Waals surface area (Å²) in [5.41, 5.74) is 4.21. The minimum atomic E-state index is -0.269. The third-order valence-corrected chi connectivity index (χ3v) is 5.96. The van der Waals surface area contributed by atoms with Gasteiger partial charge in [0.2, 0.25) is 0 Å². The zero-order chi connectivity index (χ0) is 24.7. The number of methoxy groups -OCH3 is 1. The average Bonchev–Trinajstić information content (AvgIpc) is 3.37. The molecule has 7 nitrogen and oxygen atoms in total. The fraction of sp³-hybridized carbons (Fsp3) is 0.321. The Hall–Kier alpha value is -3.87. The Morgan fingerprint density at radius 2 is 1.69 bits per heavy atom. The minimum absolute atomic E-state index is 0.197. The van der Waals surface area contributed by atoms with Gasteiger partial charge in [-0.1, -0.05) is 39.8 Å². The maximum absolute atomic E-state index is 12.7. The molecule has 0 saturated heterocycles. The van der Waals surface area contributed by atoms with Gasteiger partial charge in [-0.15, -0.1) is 0 Å². The smallest absolute Gasteiger partial charge is 0.311 e. The number of fused-ring (bicyclic) bond motifs is 5.